The van der Waals surface area contributed by atoms with Gasteiger partial charge in [0, 0.05) is 16.6 Å². The van der Waals surface area contributed by atoms with Crippen molar-refractivity contribution in [1.82, 2.24) is 0 Å². The Kier molecular flexibility index (Phi) is 4.35. The van der Waals surface area contributed by atoms with Crippen LogP contribution < -0.4 is 5.32 Å². The molecule has 118 valence electrons. The SMILES string of the molecule is CCOC(=O)C1C(=O)Nc2cc(Cl)ccc2C1c1ccccc1. The summed E-state index contributed by atoms with van der Waals surface area (Å²) >= 11 is 6.02. The molecule has 1 aliphatic heterocycles. The van der Waals surface area contributed by atoms with E-state index in [0.29, 0.717) is 10.7 Å². The van der Waals surface area contributed by atoms with Crippen molar-refractivity contribution in [3.05, 3.63) is 64.7 Å². The summed E-state index contributed by atoms with van der Waals surface area (Å²) in [5, 5.41) is 3.30. The van der Waals surface area contributed by atoms with Gasteiger partial charge in [0.2, 0.25) is 5.91 Å². The molecule has 1 heterocycles. The first kappa shape index (κ1) is 15.6. The molecular weight excluding hydrogens is 314 g/mol. The molecule has 0 spiro atoms. The van der Waals surface area contributed by atoms with Gasteiger partial charge in [-0.15, -0.1) is 0 Å². The first-order chi connectivity index (χ1) is 11.1. The number of fused-ring (bicyclic) bond motifs is 1. The van der Waals surface area contributed by atoms with Crippen LogP contribution in [0, 0.1) is 5.92 Å². The largest absolute Gasteiger partial charge is 0.465 e. The number of rotatable bonds is 3. The fourth-order valence-electron chi connectivity index (χ4n) is 2.96. The van der Waals surface area contributed by atoms with E-state index in [0.717, 1.165) is 11.1 Å². The lowest BCUT2D eigenvalue weighted by molar-refractivity contribution is -0.151. The lowest BCUT2D eigenvalue weighted by atomic mass is 9.77. The van der Waals surface area contributed by atoms with Crippen molar-refractivity contribution >= 4 is 29.2 Å². The highest BCUT2D eigenvalue weighted by Gasteiger charge is 2.42. The minimum absolute atomic E-state index is 0.234. The monoisotopic (exact) mass is 329 g/mol. The van der Waals surface area contributed by atoms with Gasteiger partial charge < -0.3 is 10.1 Å². The third kappa shape index (κ3) is 2.94. The summed E-state index contributed by atoms with van der Waals surface area (Å²) < 4.78 is 5.12. The zero-order chi connectivity index (χ0) is 16.4. The van der Waals surface area contributed by atoms with Gasteiger partial charge in [0.1, 0.15) is 5.92 Å². The number of ether oxygens (including phenoxy) is 1. The van der Waals surface area contributed by atoms with E-state index in [9.17, 15) is 9.59 Å². The van der Waals surface area contributed by atoms with E-state index in [1.807, 2.05) is 36.4 Å². The van der Waals surface area contributed by atoms with Gasteiger partial charge >= 0.3 is 5.97 Å². The van der Waals surface area contributed by atoms with Crippen LogP contribution in [-0.2, 0) is 14.3 Å². The van der Waals surface area contributed by atoms with Crippen LogP contribution in [0.4, 0.5) is 5.69 Å². The second-order valence-corrected chi connectivity index (χ2v) is 5.78. The second kappa shape index (κ2) is 6.42. The van der Waals surface area contributed by atoms with Crippen molar-refractivity contribution in [1.29, 1.82) is 0 Å². The molecule has 1 amide bonds. The first-order valence-corrected chi connectivity index (χ1v) is 7.81. The van der Waals surface area contributed by atoms with Gasteiger partial charge in [-0.3, -0.25) is 9.59 Å². The number of esters is 1. The van der Waals surface area contributed by atoms with E-state index in [-0.39, 0.29) is 12.5 Å². The maximum absolute atomic E-state index is 12.5. The summed E-state index contributed by atoms with van der Waals surface area (Å²) in [6.07, 6.45) is 0. The normalized spacial score (nSPS) is 19.7. The number of carbonyl (C=O) groups is 2. The molecule has 23 heavy (non-hydrogen) atoms. The van der Waals surface area contributed by atoms with Gasteiger partial charge in [-0.05, 0) is 30.2 Å². The zero-order valence-corrected chi connectivity index (χ0v) is 13.3. The number of hydrogen-bond donors (Lipinski definition) is 1. The molecule has 0 aliphatic carbocycles. The van der Waals surface area contributed by atoms with Gasteiger partial charge in [-0.1, -0.05) is 48.0 Å². The molecule has 0 aromatic heterocycles. The number of amides is 1. The number of benzene rings is 2. The van der Waals surface area contributed by atoms with Gasteiger partial charge in [-0.25, -0.2) is 0 Å². The van der Waals surface area contributed by atoms with Crippen molar-refractivity contribution in [3.8, 4) is 0 Å². The lowest BCUT2D eigenvalue weighted by Crippen LogP contribution is -2.40. The summed E-state index contributed by atoms with van der Waals surface area (Å²) in [6.45, 7) is 1.96. The number of anilines is 1. The summed E-state index contributed by atoms with van der Waals surface area (Å²) in [5.74, 6) is -2.19. The Morgan fingerprint density at radius 3 is 2.65 bits per heavy atom. The van der Waals surface area contributed by atoms with E-state index in [1.54, 1.807) is 19.1 Å². The average molecular weight is 330 g/mol. The molecule has 3 rings (SSSR count). The molecule has 4 nitrogen and oxygen atoms in total. The molecule has 2 aromatic rings. The quantitative estimate of drug-likeness (QED) is 0.691. The van der Waals surface area contributed by atoms with Crippen molar-refractivity contribution in [2.75, 3.05) is 11.9 Å². The summed E-state index contributed by atoms with van der Waals surface area (Å²) in [7, 11) is 0. The topological polar surface area (TPSA) is 55.4 Å². The maximum Gasteiger partial charge on any atom is 0.319 e. The molecule has 2 unspecified atom stereocenters. The molecule has 5 heteroatoms. The third-order valence-electron chi connectivity index (χ3n) is 3.92. The minimum atomic E-state index is -0.911. The number of hydrogen-bond acceptors (Lipinski definition) is 3. The van der Waals surface area contributed by atoms with Crippen molar-refractivity contribution in [3.63, 3.8) is 0 Å². The molecule has 0 fully saturated rings. The highest BCUT2D eigenvalue weighted by atomic mass is 35.5. The minimum Gasteiger partial charge on any atom is -0.465 e. The van der Waals surface area contributed by atoms with Crippen LogP contribution >= 0.6 is 11.6 Å². The molecule has 2 aromatic carbocycles. The van der Waals surface area contributed by atoms with Gasteiger partial charge in [0.05, 0.1) is 6.61 Å². The number of nitrogens with one attached hydrogen (secondary N) is 1. The molecule has 0 bridgehead atoms. The second-order valence-electron chi connectivity index (χ2n) is 5.34. The summed E-state index contributed by atoms with van der Waals surface area (Å²) in [6, 6.07) is 14.8. The van der Waals surface area contributed by atoms with Crippen LogP contribution in [0.15, 0.2) is 48.5 Å². The zero-order valence-electron chi connectivity index (χ0n) is 12.6. The number of halogens is 1. The lowest BCUT2D eigenvalue weighted by Gasteiger charge is -2.32. The summed E-state index contributed by atoms with van der Waals surface area (Å²) in [5.41, 5.74) is 2.39. The van der Waals surface area contributed by atoms with Crippen LogP contribution in [0.3, 0.4) is 0 Å². The highest BCUT2D eigenvalue weighted by Crippen LogP contribution is 2.42. The predicted molar refractivity (Wildman–Crippen MR) is 88.5 cm³/mol. The van der Waals surface area contributed by atoms with Crippen molar-refractivity contribution < 1.29 is 14.3 Å². The Morgan fingerprint density at radius 1 is 1.22 bits per heavy atom. The molecular formula is C18H16ClNO3. The Labute approximate surface area is 139 Å². The van der Waals surface area contributed by atoms with E-state index in [4.69, 9.17) is 16.3 Å². The van der Waals surface area contributed by atoms with Crippen LogP contribution in [0.2, 0.25) is 5.02 Å². The molecule has 2 atom stereocenters. The fourth-order valence-corrected chi connectivity index (χ4v) is 3.13. The Hall–Kier alpha value is -2.33. The Bertz CT molecular complexity index is 745. The van der Waals surface area contributed by atoms with Crippen LogP contribution in [0.1, 0.15) is 24.0 Å². The van der Waals surface area contributed by atoms with Crippen molar-refractivity contribution in [2.45, 2.75) is 12.8 Å². The molecule has 0 radical (unpaired) electrons. The summed E-state index contributed by atoms with van der Waals surface area (Å²) in [4.78, 5) is 24.9. The van der Waals surface area contributed by atoms with E-state index >= 15 is 0 Å². The standard InChI is InChI=1S/C18H16ClNO3/c1-2-23-18(22)16-15(11-6-4-3-5-7-11)13-9-8-12(19)10-14(13)20-17(16)21/h3-10,15-16H,2H2,1H3,(H,20,21). The van der Waals surface area contributed by atoms with Gasteiger partial charge in [0.15, 0.2) is 0 Å². The smallest absolute Gasteiger partial charge is 0.319 e. The van der Waals surface area contributed by atoms with Crippen LogP contribution in [-0.4, -0.2) is 18.5 Å². The Balaban J connectivity index is 2.14. The predicted octanol–water partition coefficient (Wildman–Crippen LogP) is 3.60. The van der Waals surface area contributed by atoms with E-state index < -0.39 is 17.8 Å². The van der Waals surface area contributed by atoms with Crippen LogP contribution in [0.25, 0.3) is 0 Å². The first-order valence-electron chi connectivity index (χ1n) is 7.43. The van der Waals surface area contributed by atoms with Gasteiger partial charge in [-0.2, -0.15) is 0 Å². The van der Waals surface area contributed by atoms with Gasteiger partial charge in [0.25, 0.3) is 0 Å². The molecule has 0 saturated heterocycles. The fraction of sp³-hybridized carbons (Fsp3) is 0.222. The molecule has 1 N–H and O–H groups in total. The van der Waals surface area contributed by atoms with E-state index in [1.165, 1.54) is 0 Å². The molecule has 0 saturated carbocycles. The van der Waals surface area contributed by atoms with Crippen LogP contribution in [0.5, 0.6) is 0 Å². The highest BCUT2D eigenvalue weighted by molar-refractivity contribution is 6.31. The van der Waals surface area contributed by atoms with Crippen molar-refractivity contribution in [2.24, 2.45) is 5.92 Å². The average Bonchev–Trinajstić information content (AvgIpc) is 2.54. The third-order valence-corrected chi connectivity index (χ3v) is 4.16. The molecule has 1 aliphatic rings. The maximum atomic E-state index is 12.5. The number of carbonyl (C=O) groups excluding carboxylic acids is 2. The Morgan fingerprint density at radius 2 is 1.96 bits per heavy atom. The van der Waals surface area contributed by atoms with E-state index in [2.05, 4.69) is 5.32 Å².